The lowest BCUT2D eigenvalue weighted by Gasteiger charge is -2.34. The van der Waals surface area contributed by atoms with Crippen molar-refractivity contribution in [3.8, 4) is 124 Å². The van der Waals surface area contributed by atoms with Gasteiger partial charge < -0.3 is 28.0 Å². The number of furan rings is 3. The summed E-state index contributed by atoms with van der Waals surface area (Å²) >= 11 is 0. The van der Waals surface area contributed by atoms with Crippen molar-refractivity contribution in [3.63, 3.8) is 0 Å². The Kier molecular flexibility index (Phi) is 19.6. The summed E-state index contributed by atoms with van der Waals surface area (Å²) in [6.45, 7) is 0. The number of rotatable bonds is 11. The molecule has 20 aromatic carbocycles. The van der Waals surface area contributed by atoms with Crippen LogP contribution in [-0.4, -0.2) is 44.9 Å². The number of pyridine rings is 3. The van der Waals surface area contributed by atoms with Gasteiger partial charge >= 0.3 is 0 Å². The Labute approximate surface area is 858 Å². The fraction of sp³-hybridized carbons (Fsp3) is 0. The standard InChI is InChI=1S/C51H30N4O.C43H26N4O.C41H24N4O/c1-2-16-37-35(11-1)29-36(55-43-21-5-3-17-39(43)40-20-7-12-32-13-9-22-44(55)46(32)40)30-42(37)51-53-48(50-49(54-51)41-18-4-6-23-45(41)56-50)34-26-24-31(25-27-34)38-19-8-14-33-15-10-28-52-47(33)38;1-3-15-36-32(11-1)33-13-7-9-28-10-8-16-37(39(28)33)47(36)31-24-22-30(23-25-31)43-45-40(42-41(46-43)34-12-2-4-17-38(34)48-42)29-20-18-27(19-21-29)35-14-5-6-26-44-35;1-3-17-33-29(13-1)30-15-5-9-25-10-7-18-34(36(25)30)45(33)28-22-20-27(21-23-28)41-43-38-31-14-2-4-19-35(31)46-40(38)39(44-41)32-16-6-11-26-12-8-24-42-37(26)32/h1-30H;1-26H;1-24H. The number of nitrogens with zero attached hydrogens (tertiary/aromatic N) is 12. The third-order valence-corrected chi connectivity index (χ3v) is 29.6. The average Bonchev–Trinajstić information content (AvgIpc) is 1.04. The Balaban J connectivity index is 0.000000104. The lowest BCUT2D eigenvalue weighted by molar-refractivity contribution is 0.667. The van der Waals surface area contributed by atoms with E-state index in [1.54, 1.807) is 0 Å². The molecular weight excluding hydrogens is 1840 g/mol. The molecule has 0 saturated heterocycles. The molecule has 0 saturated carbocycles. The molecule has 15 heteroatoms. The maximum Gasteiger partial charge on any atom is 0.180 e. The van der Waals surface area contributed by atoms with Gasteiger partial charge in [0.25, 0.3) is 0 Å². The molecule has 9 aromatic heterocycles. The number of hydrogen-bond donors (Lipinski definition) is 0. The molecule has 12 heterocycles. The van der Waals surface area contributed by atoms with Crippen LogP contribution in [-0.2, 0) is 0 Å². The average molecular weight is 1920 g/mol. The van der Waals surface area contributed by atoms with Gasteiger partial charge in [-0.15, -0.1) is 0 Å². The fourth-order valence-electron chi connectivity index (χ4n) is 22.7. The highest BCUT2D eigenvalue weighted by Crippen LogP contribution is 2.57. The van der Waals surface area contributed by atoms with Crippen LogP contribution in [0.5, 0.6) is 0 Å². The van der Waals surface area contributed by atoms with Gasteiger partial charge in [-0.2, -0.15) is 0 Å². The maximum atomic E-state index is 6.57. The number of fused-ring (bicyclic) bond motifs is 18. The smallest absolute Gasteiger partial charge is 0.180 e. The van der Waals surface area contributed by atoms with Crippen molar-refractivity contribution in [2.24, 2.45) is 0 Å². The molecule has 32 rings (SSSR count). The van der Waals surface area contributed by atoms with Crippen LogP contribution in [0.4, 0.5) is 51.2 Å². The van der Waals surface area contributed by atoms with Gasteiger partial charge in [0.1, 0.15) is 50.4 Å². The number of hydrogen-bond acceptors (Lipinski definition) is 15. The molecule has 15 nitrogen and oxygen atoms in total. The fourth-order valence-corrected chi connectivity index (χ4v) is 22.7. The number of benzene rings is 20. The van der Waals surface area contributed by atoms with Crippen molar-refractivity contribution in [1.82, 2.24) is 44.9 Å². The summed E-state index contributed by atoms with van der Waals surface area (Å²) in [7, 11) is 0. The molecule has 0 fully saturated rings. The predicted octanol–water partition coefficient (Wildman–Crippen LogP) is 35.9. The summed E-state index contributed by atoms with van der Waals surface area (Å²) in [6.07, 6.45) is 5.48. The molecular formula is C135H80N12O3. The summed E-state index contributed by atoms with van der Waals surface area (Å²) in [5.74, 6) is 1.93. The first-order chi connectivity index (χ1) is 74.4. The first kappa shape index (κ1) is 85.1. The van der Waals surface area contributed by atoms with E-state index >= 15 is 0 Å². The minimum Gasteiger partial charge on any atom is -0.452 e. The normalized spacial score (nSPS) is 12.2. The van der Waals surface area contributed by atoms with Gasteiger partial charge in [0.15, 0.2) is 34.2 Å². The lowest BCUT2D eigenvalue weighted by atomic mass is 9.90. The molecule has 0 atom stereocenters. The third kappa shape index (κ3) is 13.9. The monoisotopic (exact) mass is 1920 g/mol. The lowest BCUT2D eigenvalue weighted by Crippen LogP contribution is -2.15. The van der Waals surface area contributed by atoms with Gasteiger partial charge in [-0.3, -0.25) is 15.0 Å². The van der Waals surface area contributed by atoms with Gasteiger partial charge in [0.05, 0.1) is 50.9 Å². The molecule has 150 heavy (non-hydrogen) atoms. The molecule has 0 aliphatic carbocycles. The van der Waals surface area contributed by atoms with Crippen molar-refractivity contribution in [3.05, 3.63) is 486 Å². The van der Waals surface area contributed by atoms with Gasteiger partial charge in [0, 0.05) is 140 Å². The summed E-state index contributed by atoms with van der Waals surface area (Å²) in [4.78, 5) is 52.3. The number of anilines is 9. The van der Waals surface area contributed by atoms with Gasteiger partial charge in [-0.25, -0.2) is 29.9 Å². The predicted molar refractivity (Wildman–Crippen MR) is 611 cm³/mol. The number of aromatic nitrogens is 9. The zero-order chi connectivity index (χ0) is 98.5. The van der Waals surface area contributed by atoms with Gasteiger partial charge in [0.2, 0.25) is 0 Å². The highest BCUT2D eigenvalue weighted by molar-refractivity contribution is 6.20. The molecule has 0 amide bonds. The van der Waals surface area contributed by atoms with E-state index in [2.05, 4.69) is 396 Å². The van der Waals surface area contributed by atoms with Crippen LogP contribution in [0.2, 0.25) is 0 Å². The third-order valence-electron chi connectivity index (χ3n) is 29.6. The molecule has 0 spiro atoms. The molecule has 0 unspecified atom stereocenters. The van der Waals surface area contributed by atoms with E-state index < -0.39 is 0 Å². The molecule has 0 N–H and O–H groups in total. The van der Waals surface area contributed by atoms with Crippen LogP contribution in [0, 0.1) is 0 Å². The molecule has 698 valence electrons. The van der Waals surface area contributed by atoms with E-state index in [9.17, 15) is 0 Å². The first-order valence-electron chi connectivity index (χ1n) is 50.2. The van der Waals surface area contributed by atoms with E-state index in [1.165, 1.54) is 77.1 Å². The van der Waals surface area contributed by atoms with Crippen LogP contribution in [0.1, 0.15) is 0 Å². The van der Waals surface area contributed by atoms with E-state index in [0.29, 0.717) is 34.2 Å². The molecule has 29 aromatic rings. The largest absolute Gasteiger partial charge is 0.452 e. The minimum absolute atomic E-state index is 0.639. The Morgan fingerprint density at radius 2 is 0.500 bits per heavy atom. The molecule has 3 aliphatic rings. The quantitative estimate of drug-likeness (QED) is 0.120. The van der Waals surface area contributed by atoms with Crippen LogP contribution >= 0.6 is 0 Å². The van der Waals surface area contributed by atoms with Crippen molar-refractivity contribution >= 4 is 182 Å². The first-order valence-corrected chi connectivity index (χ1v) is 50.2. The van der Waals surface area contributed by atoms with Crippen LogP contribution < -0.4 is 14.7 Å². The molecule has 3 aliphatic heterocycles. The highest BCUT2D eigenvalue weighted by Gasteiger charge is 2.33. The summed E-state index contributed by atoms with van der Waals surface area (Å²) < 4.78 is 19.4. The van der Waals surface area contributed by atoms with E-state index in [1.807, 2.05) is 110 Å². The Morgan fingerprint density at radius 3 is 0.973 bits per heavy atom. The second-order valence-corrected chi connectivity index (χ2v) is 38.1. The molecule has 0 bridgehead atoms. The molecule has 0 radical (unpaired) electrons. The summed E-state index contributed by atoms with van der Waals surface area (Å²) in [5.41, 5.74) is 38.2. The van der Waals surface area contributed by atoms with Crippen molar-refractivity contribution < 1.29 is 13.3 Å². The second-order valence-electron chi connectivity index (χ2n) is 38.1. The van der Waals surface area contributed by atoms with Crippen molar-refractivity contribution in [2.75, 3.05) is 14.7 Å². The minimum atomic E-state index is 0.639. The Bertz CT molecular complexity index is 10600. The van der Waals surface area contributed by atoms with E-state index in [0.717, 1.165) is 195 Å². The van der Waals surface area contributed by atoms with Crippen molar-refractivity contribution in [1.29, 1.82) is 0 Å². The van der Waals surface area contributed by atoms with Crippen LogP contribution in [0.3, 0.4) is 0 Å². The topological polar surface area (TPSA) is 165 Å². The second kappa shape index (κ2) is 34.6. The zero-order valence-electron chi connectivity index (χ0n) is 80.3. The van der Waals surface area contributed by atoms with Crippen LogP contribution in [0.15, 0.2) is 499 Å². The van der Waals surface area contributed by atoms with Crippen LogP contribution in [0.25, 0.3) is 255 Å². The highest BCUT2D eigenvalue weighted by atomic mass is 16.3. The zero-order valence-corrected chi connectivity index (χ0v) is 80.3. The van der Waals surface area contributed by atoms with Crippen molar-refractivity contribution in [2.45, 2.75) is 0 Å². The summed E-state index contributed by atoms with van der Waals surface area (Å²) in [5, 5.41) is 14.7. The number of para-hydroxylation sites is 8. The van der Waals surface area contributed by atoms with Gasteiger partial charge in [-0.05, 0) is 207 Å². The Morgan fingerprint density at radius 1 is 0.173 bits per heavy atom. The summed E-state index contributed by atoms with van der Waals surface area (Å²) in [6, 6.07) is 163. The maximum absolute atomic E-state index is 6.57. The van der Waals surface area contributed by atoms with E-state index in [-0.39, 0.29) is 0 Å². The van der Waals surface area contributed by atoms with Gasteiger partial charge in [-0.1, -0.05) is 309 Å². The Hall–Kier alpha value is -20.6. The van der Waals surface area contributed by atoms with E-state index in [4.69, 9.17) is 53.1 Å². The SMILES string of the molecule is c1ccc(-c2ccc(-c3nc(-c4ccc(N5c6ccccc6-c6cccc7cccc5c67)cc4)nc4c3oc3ccccc34)cc2)nc1.c1ccc2c(c1)-c1cccc3cccc(c13)N2c1cc(-c2nc(-c3ccc(-c4cccc5cccnc45)cc3)c3oc4ccccc4c3n2)c2ccccc2c1.c1ccc2c(c1)-c1cccc3cccc(c13)N2c1ccc(-c2nc(-c3cccc4cccnc34)c3oc4ccccc4c3n2)cc1.